The Hall–Kier alpha value is -1.53. The van der Waals surface area contributed by atoms with Gasteiger partial charge in [-0.3, -0.25) is 4.79 Å². The smallest absolute Gasteiger partial charge is 0.268 e. The van der Waals surface area contributed by atoms with Crippen molar-refractivity contribution >= 4 is 11.6 Å². The molecule has 0 aromatic carbocycles. The molecular formula is C16H27N3O3. The fourth-order valence-electron chi connectivity index (χ4n) is 3.17. The molecule has 0 radical (unpaired) electrons. The van der Waals surface area contributed by atoms with Crippen molar-refractivity contribution in [2.24, 2.45) is 0 Å². The van der Waals surface area contributed by atoms with Gasteiger partial charge < -0.3 is 24.3 Å². The maximum Gasteiger partial charge on any atom is 0.268 e. The number of aromatic nitrogens is 1. The molecule has 0 atom stereocenters. The molecule has 0 spiro atoms. The summed E-state index contributed by atoms with van der Waals surface area (Å²) in [6.45, 7) is 11.3. The lowest BCUT2D eigenvalue weighted by atomic mass is 10.2. The second-order valence-corrected chi connectivity index (χ2v) is 5.50. The van der Waals surface area contributed by atoms with Gasteiger partial charge in [0, 0.05) is 44.5 Å². The second-order valence-electron chi connectivity index (χ2n) is 5.50. The van der Waals surface area contributed by atoms with Crippen LogP contribution in [0.4, 0.5) is 5.69 Å². The van der Waals surface area contributed by atoms with Crippen molar-refractivity contribution in [2.75, 3.05) is 51.5 Å². The van der Waals surface area contributed by atoms with Gasteiger partial charge in [-0.05, 0) is 20.8 Å². The average Bonchev–Trinajstić information content (AvgIpc) is 2.78. The molecule has 0 aliphatic carbocycles. The first-order valence-corrected chi connectivity index (χ1v) is 7.91. The van der Waals surface area contributed by atoms with Crippen molar-refractivity contribution in [1.29, 1.82) is 0 Å². The van der Waals surface area contributed by atoms with E-state index < -0.39 is 0 Å². The van der Waals surface area contributed by atoms with E-state index in [1.165, 1.54) is 5.69 Å². The number of morpholine rings is 1. The van der Waals surface area contributed by atoms with E-state index in [0.717, 1.165) is 49.8 Å². The Balaban J connectivity index is 2.30. The molecule has 6 heteroatoms. The standard InChI is InChI=1S/C16H27N3O3/c1-5-19-13(3)14(18-7-10-22-11-8-18)12(2)15(19)16(20)17-6-9-21-4/h5-11H2,1-4H3,(H,17,20). The van der Waals surface area contributed by atoms with Crippen LogP contribution >= 0.6 is 0 Å². The van der Waals surface area contributed by atoms with Gasteiger partial charge in [0.05, 0.1) is 25.5 Å². The van der Waals surface area contributed by atoms with Gasteiger partial charge in [-0.25, -0.2) is 0 Å². The minimum Gasteiger partial charge on any atom is -0.383 e. The van der Waals surface area contributed by atoms with Crippen molar-refractivity contribution in [3.8, 4) is 0 Å². The first kappa shape index (κ1) is 16.8. The molecule has 1 fully saturated rings. The molecule has 1 aliphatic heterocycles. The topological polar surface area (TPSA) is 55.7 Å². The number of hydrogen-bond acceptors (Lipinski definition) is 4. The van der Waals surface area contributed by atoms with Crippen LogP contribution in [-0.4, -0.2) is 57.0 Å². The van der Waals surface area contributed by atoms with Crippen LogP contribution in [0.1, 0.15) is 28.7 Å². The van der Waals surface area contributed by atoms with E-state index in [-0.39, 0.29) is 5.91 Å². The zero-order chi connectivity index (χ0) is 16.1. The number of nitrogens with one attached hydrogen (secondary N) is 1. The number of anilines is 1. The summed E-state index contributed by atoms with van der Waals surface area (Å²) in [5.74, 6) is -0.0287. The molecule has 124 valence electrons. The van der Waals surface area contributed by atoms with Crippen LogP contribution in [0.2, 0.25) is 0 Å². The van der Waals surface area contributed by atoms with E-state index in [9.17, 15) is 4.79 Å². The third-order valence-corrected chi connectivity index (χ3v) is 4.18. The maximum absolute atomic E-state index is 12.5. The minimum absolute atomic E-state index is 0.0287. The van der Waals surface area contributed by atoms with E-state index in [1.54, 1.807) is 7.11 Å². The number of nitrogens with zero attached hydrogens (tertiary/aromatic N) is 2. The largest absolute Gasteiger partial charge is 0.383 e. The Morgan fingerprint density at radius 2 is 2.00 bits per heavy atom. The van der Waals surface area contributed by atoms with Gasteiger partial charge >= 0.3 is 0 Å². The third kappa shape index (κ3) is 3.28. The van der Waals surface area contributed by atoms with Crippen molar-refractivity contribution in [2.45, 2.75) is 27.3 Å². The Kier molecular flexibility index (Phi) is 5.85. The summed E-state index contributed by atoms with van der Waals surface area (Å²) in [5, 5.41) is 2.93. The Morgan fingerprint density at radius 1 is 1.32 bits per heavy atom. The summed E-state index contributed by atoms with van der Waals surface area (Å²) in [6, 6.07) is 0. The summed E-state index contributed by atoms with van der Waals surface area (Å²) in [4.78, 5) is 14.9. The molecule has 2 heterocycles. The molecule has 6 nitrogen and oxygen atoms in total. The Bertz CT molecular complexity index is 519. The van der Waals surface area contributed by atoms with Gasteiger partial charge in [-0.2, -0.15) is 0 Å². The average molecular weight is 309 g/mol. The zero-order valence-corrected chi connectivity index (χ0v) is 14.1. The van der Waals surface area contributed by atoms with E-state index in [1.807, 2.05) is 6.92 Å². The highest BCUT2D eigenvalue weighted by Gasteiger charge is 2.25. The number of hydrogen-bond donors (Lipinski definition) is 1. The molecule has 0 saturated carbocycles. The van der Waals surface area contributed by atoms with E-state index in [2.05, 4.69) is 28.6 Å². The van der Waals surface area contributed by atoms with Crippen molar-refractivity contribution < 1.29 is 14.3 Å². The highest BCUT2D eigenvalue weighted by molar-refractivity contribution is 5.96. The van der Waals surface area contributed by atoms with Crippen LogP contribution in [0.3, 0.4) is 0 Å². The highest BCUT2D eigenvalue weighted by atomic mass is 16.5. The van der Waals surface area contributed by atoms with Gasteiger partial charge in [0.25, 0.3) is 5.91 Å². The fourth-order valence-corrected chi connectivity index (χ4v) is 3.17. The fraction of sp³-hybridized carbons (Fsp3) is 0.688. The van der Waals surface area contributed by atoms with E-state index >= 15 is 0 Å². The minimum atomic E-state index is -0.0287. The Morgan fingerprint density at radius 3 is 2.59 bits per heavy atom. The lowest BCUT2D eigenvalue weighted by molar-refractivity contribution is 0.0927. The van der Waals surface area contributed by atoms with Gasteiger partial charge in [0.2, 0.25) is 0 Å². The number of methoxy groups -OCH3 is 1. The lowest BCUT2D eigenvalue weighted by Crippen LogP contribution is -2.36. The predicted octanol–water partition coefficient (Wildman–Crippen LogP) is 1.34. The van der Waals surface area contributed by atoms with Crippen LogP contribution in [0.25, 0.3) is 0 Å². The van der Waals surface area contributed by atoms with Crippen molar-refractivity contribution in [3.63, 3.8) is 0 Å². The first-order chi connectivity index (χ1) is 10.6. The summed E-state index contributed by atoms with van der Waals surface area (Å²) < 4.78 is 12.5. The second kappa shape index (κ2) is 7.65. The molecule has 0 bridgehead atoms. The van der Waals surface area contributed by atoms with Crippen LogP contribution in [0.5, 0.6) is 0 Å². The molecule has 22 heavy (non-hydrogen) atoms. The zero-order valence-electron chi connectivity index (χ0n) is 14.1. The van der Waals surface area contributed by atoms with Crippen LogP contribution in [-0.2, 0) is 16.0 Å². The van der Waals surface area contributed by atoms with Crippen LogP contribution in [0, 0.1) is 13.8 Å². The van der Waals surface area contributed by atoms with Gasteiger partial charge in [-0.1, -0.05) is 0 Å². The van der Waals surface area contributed by atoms with Gasteiger partial charge in [-0.15, -0.1) is 0 Å². The summed E-state index contributed by atoms with van der Waals surface area (Å²) in [7, 11) is 1.63. The van der Waals surface area contributed by atoms with Crippen LogP contribution < -0.4 is 10.2 Å². The van der Waals surface area contributed by atoms with Crippen LogP contribution in [0.15, 0.2) is 0 Å². The monoisotopic (exact) mass is 309 g/mol. The molecule has 1 saturated heterocycles. The molecule has 1 aliphatic rings. The number of carbonyl (C=O) groups excluding carboxylic acids is 1. The number of ether oxygens (including phenoxy) is 2. The molecule has 0 unspecified atom stereocenters. The maximum atomic E-state index is 12.5. The summed E-state index contributed by atoms with van der Waals surface area (Å²) in [6.07, 6.45) is 0. The third-order valence-electron chi connectivity index (χ3n) is 4.18. The summed E-state index contributed by atoms with van der Waals surface area (Å²) in [5.41, 5.74) is 4.15. The molecule has 1 amide bonds. The molecule has 2 rings (SSSR count). The van der Waals surface area contributed by atoms with Crippen molar-refractivity contribution in [3.05, 3.63) is 17.0 Å². The SMILES string of the molecule is CCn1c(C)c(N2CCOCC2)c(C)c1C(=O)NCCOC. The lowest BCUT2D eigenvalue weighted by Gasteiger charge is -2.29. The first-order valence-electron chi connectivity index (χ1n) is 7.91. The molecule has 1 aromatic rings. The quantitative estimate of drug-likeness (QED) is 0.806. The number of amides is 1. The predicted molar refractivity (Wildman–Crippen MR) is 86.8 cm³/mol. The molecular weight excluding hydrogens is 282 g/mol. The Labute approximate surface area is 132 Å². The number of rotatable bonds is 6. The van der Waals surface area contributed by atoms with E-state index in [4.69, 9.17) is 9.47 Å². The van der Waals surface area contributed by atoms with E-state index in [0.29, 0.717) is 13.2 Å². The molecule has 1 aromatic heterocycles. The molecule has 1 N–H and O–H groups in total. The highest BCUT2D eigenvalue weighted by Crippen LogP contribution is 2.31. The summed E-state index contributed by atoms with van der Waals surface area (Å²) >= 11 is 0. The normalized spacial score (nSPS) is 15.2. The van der Waals surface area contributed by atoms with Crippen molar-refractivity contribution in [1.82, 2.24) is 9.88 Å². The van der Waals surface area contributed by atoms with Gasteiger partial charge in [0.15, 0.2) is 0 Å². The number of carbonyl (C=O) groups is 1. The van der Waals surface area contributed by atoms with Gasteiger partial charge in [0.1, 0.15) is 5.69 Å².